The molecule has 0 aliphatic carbocycles. The highest BCUT2D eigenvalue weighted by molar-refractivity contribution is 9.10. The molecule has 3 aromatic rings. The molecule has 1 fully saturated rings. The molecule has 0 spiro atoms. The van der Waals surface area contributed by atoms with Gasteiger partial charge in [-0.2, -0.15) is 0 Å². The van der Waals surface area contributed by atoms with Crippen LogP contribution < -0.4 is 10.1 Å². The summed E-state index contributed by atoms with van der Waals surface area (Å²) in [5, 5.41) is 11.8. The van der Waals surface area contributed by atoms with Gasteiger partial charge in [0.25, 0.3) is 0 Å². The van der Waals surface area contributed by atoms with Gasteiger partial charge in [-0.15, -0.1) is 23.4 Å². The third-order valence-electron chi connectivity index (χ3n) is 4.74. The van der Waals surface area contributed by atoms with Crippen LogP contribution in [0.4, 0.5) is 19.1 Å². The molecule has 0 bridgehead atoms. The Hall–Kier alpha value is -2.40. The second kappa shape index (κ2) is 7.79. The maximum absolute atomic E-state index is 12.9. The molecule has 0 unspecified atom stereocenters. The molecule has 1 N–H and O–H groups in total. The van der Waals surface area contributed by atoms with Crippen molar-refractivity contribution < 1.29 is 17.9 Å². The van der Waals surface area contributed by atoms with Crippen LogP contribution in [0, 0.1) is 0 Å². The molecular formula is C18H18BrF3N6O. The van der Waals surface area contributed by atoms with Gasteiger partial charge in [-0.05, 0) is 44.6 Å². The van der Waals surface area contributed by atoms with Crippen molar-refractivity contribution >= 4 is 27.4 Å². The number of nitrogens with zero attached hydrogens (tertiary/aromatic N) is 5. The van der Waals surface area contributed by atoms with Crippen molar-refractivity contribution in [1.29, 1.82) is 0 Å². The predicted molar refractivity (Wildman–Crippen MR) is 105 cm³/mol. The van der Waals surface area contributed by atoms with Crippen molar-refractivity contribution in [3.05, 3.63) is 35.2 Å². The van der Waals surface area contributed by atoms with Gasteiger partial charge in [-0.3, -0.25) is 4.40 Å². The number of piperidine rings is 1. The molecule has 11 heteroatoms. The minimum atomic E-state index is -4.83. The van der Waals surface area contributed by atoms with E-state index in [4.69, 9.17) is 0 Å². The summed E-state index contributed by atoms with van der Waals surface area (Å²) in [6.07, 6.45) is 0.352. The molecule has 1 aliphatic rings. The van der Waals surface area contributed by atoms with Crippen molar-refractivity contribution in [2.45, 2.75) is 25.2 Å². The molecule has 154 valence electrons. The van der Waals surface area contributed by atoms with E-state index in [1.807, 2.05) is 0 Å². The number of aromatic nitrogens is 4. The minimum absolute atomic E-state index is 0.174. The lowest BCUT2D eigenvalue weighted by atomic mass is 10.1. The van der Waals surface area contributed by atoms with Crippen molar-refractivity contribution in [3.63, 3.8) is 0 Å². The summed E-state index contributed by atoms with van der Waals surface area (Å²) in [7, 11) is 2.06. The number of halogens is 4. The molecule has 0 radical (unpaired) electrons. The van der Waals surface area contributed by atoms with Crippen LogP contribution in [0.15, 0.2) is 35.2 Å². The molecule has 1 aromatic carbocycles. The Labute approximate surface area is 173 Å². The molecule has 29 heavy (non-hydrogen) atoms. The fourth-order valence-electron chi connectivity index (χ4n) is 3.49. The van der Waals surface area contributed by atoms with Gasteiger partial charge >= 0.3 is 6.36 Å². The number of nitrogens with one attached hydrogen (secondary N) is 1. The molecule has 2 aromatic heterocycles. The van der Waals surface area contributed by atoms with Crippen LogP contribution in [-0.2, 0) is 0 Å². The van der Waals surface area contributed by atoms with Crippen LogP contribution >= 0.6 is 15.9 Å². The Morgan fingerprint density at radius 1 is 1.28 bits per heavy atom. The number of hydrogen-bond acceptors (Lipinski definition) is 6. The van der Waals surface area contributed by atoms with Gasteiger partial charge in [-0.25, -0.2) is 4.98 Å². The molecule has 0 amide bonds. The highest BCUT2D eigenvalue weighted by atomic mass is 79.9. The average molecular weight is 471 g/mol. The van der Waals surface area contributed by atoms with E-state index in [1.54, 1.807) is 23.0 Å². The fourth-order valence-corrected chi connectivity index (χ4v) is 3.83. The standard InChI is InChI=1S/C18H18BrF3N6O/c1-27-6-2-3-12(9-27)24-17-26-25-16(14-8-23-10-28(14)17)13-5-4-11(19)7-15(13)29-18(20,21)22/h4-5,7-8,10,12H,2-3,6,9H2,1H3,(H,24,26)/t12-/m1/s1. The van der Waals surface area contributed by atoms with Gasteiger partial charge < -0.3 is 15.0 Å². The second-order valence-electron chi connectivity index (χ2n) is 6.96. The maximum atomic E-state index is 12.9. The van der Waals surface area contributed by atoms with Gasteiger partial charge in [0.1, 0.15) is 17.8 Å². The lowest BCUT2D eigenvalue weighted by molar-refractivity contribution is -0.274. The molecule has 3 heterocycles. The van der Waals surface area contributed by atoms with Gasteiger partial charge in [0.05, 0.1) is 11.7 Å². The van der Waals surface area contributed by atoms with E-state index >= 15 is 0 Å². The maximum Gasteiger partial charge on any atom is 0.573 e. The first-order chi connectivity index (χ1) is 13.8. The number of benzene rings is 1. The lowest BCUT2D eigenvalue weighted by Crippen LogP contribution is -2.40. The SMILES string of the molecule is CN1CCC[C@@H](Nc2nnc(-c3ccc(Br)cc3OC(F)(F)F)c3cncn23)C1. The van der Waals surface area contributed by atoms with Crippen molar-refractivity contribution in [2.24, 2.45) is 0 Å². The Bertz CT molecular complexity index is 1020. The number of imidazole rings is 1. The van der Waals surface area contributed by atoms with Gasteiger partial charge in [0, 0.05) is 22.6 Å². The van der Waals surface area contributed by atoms with E-state index < -0.39 is 6.36 Å². The monoisotopic (exact) mass is 470 g/mol. The van der Waals surface area contributed by atoms with E-state index in [1.165, 1.54) is 12.1 Å². The Kier molecular flexibility index (Phi) is 5.34. The molecule has 0 saturated carbocycles. The first-order valence-corrected chi connectivity index (χ1v) is 9.79. The highest BCUT2D eigenvalue weighted by Crippen LogP contribution is 2.37. The van der Waals surface area contributed by atoms with Crippen LogP contribution in [-0.4, -0.2) is 57.0 Å². The molecule has 1 atom stereocenters. The number of fused-ring (bicyclic) bond motifs is 1. The normalized spacial score (nSPS) is 18.2. The zero-order valence-corrected chi connectivity index (χ0v) is 17.0. The summed E-state index contributed by atoms with van der Waals surface area (Å²) in [6.45, 7) is 1.92. The topological polar surface area (TPSA) is 67.6 Å². The minimum Gasteiger partial charge on any atom is -0.405 e. The van der Waals surface area contributed by atoms with Crippen LogP contribution in [0.25, 0.3) is 16.8 Å². The predicted octanol–water partition coefficient (Wildman–Crippen LogP) is 3.96. The summed E-state index contributed by atoms with van der Waals surface area (Å²) < 4.78 is 45.0. The number of likely N-dealkylation sites (tertiary alicyclic amines) is 1. The Morgan fingerprint density at radius 3 is 2.86 bits per heavy atom. The van der Waals surface area contributed by atoms with Crippen LogP contribution in [0.1, 0.15) is 12.8 Å². The number of hydrogen-bond donors (Lipinski definition) is 1. The molecule has 1 aliphatic heterocycles. The van der Waals surface area contributed by atoms with Gasteiger partial charge in [0.2, 0.25) is 5.95 Å². The third kappa shape index (κ3) is 4.45. The van der Waals surface area contributed by atoms with Crippen molar-refractivity contribution in [3.8, 4) is 17.0 Å². The third-order valence-corrected chi connectivity index (χ3v) is 5.23. The van der Waals surface area contributed by atoms with E-state index in [0.717, 1.165) is 25.9 Å². The average Bonchev–Trinajstić information content (AvgIpc) is 3.12. The number of likely N-dealkylation sites (N-methyl/N-ethyl adjacent to an activating group) is 1. The number of alkyl halides is 3. The van der Waals surface area contributed by atoms with Crippen LogP contribution in [0.2, 0.25) is 0 Å². The summed E-state index contributed by atoms with van der Waals surface area (Å²) in [5.41, 5.74) is 0.953. The van der Waals surface area contributed by atoms with E-state index in [9.17, 15) is 13.2 Å². The molecular weight excluding hydrogens is 453 g/mol. The fraction of sp³-hybridized carbons (Fsp3) is 0.389. The Morgan fingerprint density at radius 2 is 2.10 bits per heavy atom. The van der Waals surface area contributed by atoms with Crippen LogP contribution in [0.3, 0.4) is 0 Å². The van der Waals surface area contributed by atoms with E-state index in [2.05, 4.69) is 53.1 Å². The van der Waals surface area contributed by atoms with E-state index in [-0.39, 0.29) is 23.0 Å². The van der Waals surface area contributed by atoms with Crippen molar-refractivity contribution in [1.82, 2.24) is 24.5 Å². The largest absolute Gasteiger partial charge is 0.573 e. The van der Waals surface area contributed by atoms with Gasteiger partial charge in [-0.1, -0.05) is 15.9 Å². The Balaban J connectivity index is 1.73. The molecule has 7 nitrogen and oxygen atoms in total. The summed E-state index contributed by atoms with van der Waals surface area (Å²) >= 11 is 3.18. The number of rotatable bonds is 4. The zero-order valence-electron chi connectivity index (χ0n) is 15.4. The summed E-state index contributed by atoms with van der Waals surface area (Å²) in [4.78, 5) is 6.37. The second-order valence-corrected chi connectivity index (χ2v) is 7.87. The van der Waals surface area contributed by atoms with E-state index in [0.29, 0.717) is 15.9 Å². The zero-order chi connectivity index (χ0) is 20.6. The summed E-state index contributed by atoms with van der Waals surface area (Å²) in [6, 6.07) is 4.58. The first-order valence-electron chi connectivity index (χ1n) is 8.99. The highest BCUT2D eigenvalue weighted by Gasteiger charge is 2.33. The smallest absolute Gasteiger partial charge is 0.405 e. The van der Waals surface area contributed by atoms with Gasteiger partial charge in [0.15, 0.2) is 0 Å². The van der Waals surface area contributed by atoms with Crippen molar-refractivity contribution in [2.75, 3.05) is 25.5 Å². The number of anilines is 1. The van der Waals surface area contributed by atoms with Crippen LogP contribution in [0.5, 0.6) is 5.75 Å². The lowest BCUT2D eigenvalue weighted by Gasteiger charge is -2.30. The number of ether oxygens (including phenoxy) is 1. The molecule has 1 saturated heterocycles. The summed E-state index contributed by atoms with van der Waals surface area (Å²) in [5.74, 6) is 0.135. The quantitative estimate of drug-likeness (QED) is 0.622. The molecule has 4 rings (SSSR count). The first kappa shape index (κ1) is 19.9.